The van der Waals surface area contributed by atoms with E-state index in [-0.39, 0.29) is 17.6 Å². The maximum absolute atomic E-state index is 13.6. The number of thioether (sulfide) groups is 2. The van der Waals surface area contributed by atoms with Crippen LogP contribution >= 0.6 is 34.9 Å². The van der Waals surface area contributed by atoms with Crippen LogP contribution in [0.5, 0.6) is 0 Å². The first kappa shape index (κ1) is 31.6. The Morgan fingerprint density at radius 2 is 1.59 bits per heavy atom. The smallest absolute Gasteiger partial charge is 0.241 e. The number of carbonyl (C=O) groups excluding carboxylic acids is 2. The van der Waals surface area contributed by atoms with Gasteiger partial charge in [-0.3, -0.25) is 18.7 Å². The number of anilines is 1. The zero-order valence-electron chi connectivity index (χ0n) is 26.5. The molecule has 0 radical (unpaired) electrons. The molecule has 4 aromatic carbocycles. The monoisotopic (exact) mass is 700 g/mol. The van der Waals surface area contributed by atoms with E-state index in [0.29, 0.717) is 23.1 Å². The van der Waals surface area contributed by atoms with Crippen LogP contribution in [-0.4, -0.2) is 47.6 Å². The molecule has 0 spiro atoms. The predicted octanol–water partition coefficient (Wildman–Crippen LogP) is 8.60. The van der Waals surface area contributed by atoms with Gasteiger partial charge in [-0.05, 0) is 61.1 Å². The fraction of sp³-hybridized carbons (Fsp3) is 0.184. The molecule has 0 bridgehead atoms. The van der Waals surface area contributed by atoms with E-state index < -0.39 is 0 Å². The SMILES string of the molecule is O=C(CSc1nnc(-c2ccccc2)n1Cc1ccccc1)Nc1ccc2nc(SCC(=O)n3c4c(c5ccccc53)CCCC4)sc2c1. The molecular formula is C38H32N6O2S3. The molecule has 0 atom stereocenters. The van der Waals surface area contributed by atoms with Crippen molar-refractivity contribution in [3.8, 4) is 11.4 Å². The average Bonchev–Trinajstić information content (AvgIpc) is 3.84. The first-order valence-corrected chi connectivity index (χ1v) is 19.0. The van der Waals surface area contributed by atoms with Crippen molar-refractivity contribution in [2.45, 2.75) is 41.7 Å². The van der Waals surface area contributed by atoms with Gasteiger partial charge in [-0.1, -0.05) is 102 Å². The minimum atomic E-state index is -0.133. The van der Waals surface area contributed by atoms with Crippen molar-refractivity contribution in [3.05, 3.63) is 120 Å². The lowest BCUT2D eigenvalue weighted by atomic mass is 9.96. The fourth-order valence-corrected chi connectivity index (χ4v) is 9.14. The topological polar surface area (TPSA) is 94.7 Å². The number of rotatable bonds is 10. The van der Waals surface area contributed by atoms with Crippen molar-refractivity contribution in [1.82, 2.24) is 24.3 Å². The van der Waals surface area contributed by atoms with E-state index in [2.05, 4.69) is 50.4 Å². The number of carbonyl (C=O) groups is 2. The molecule has 7 aromatic rings. The van der Waals surface area contributed by atoms with E-state index in [9.17, 15) is 9.59 Å². The summed E-state index contributed by atoms with van der Waals surface area (Å²) in [5.74, 6) is 1.21. The van der Waals surface area contributed by atoms with Gasteiger partial charge in [-0.2, -0.15) is 0 Å². The van der Waals surface area contributed by atoms with Crippen molar-refractivity contribution < 1.29 is 9.59 Å². The van der Waals surface area contributed by atoms with Crippen LogP contribution in [0, 0.1) is 0 Å². The summed E-state index contributed by atoms with van der Waals surface area (Å²) < 4.78 is 5.80. The molecule has 244 valence electrons. The number of benzene rings is 4. The summed E-state index contributed by atoms with van der Waals surface area (Å²) in [4.78, 5) is 31.4. The van der Waals surface area contributed by atoms with Gasteiger partial charge < -0.3 is 5.32 Å². The number of fused-ring (bicyclic) bond motifs is 4. The highest BCUT2D eigenvalue weighted by atomic mass is 32.2. The van der Waals surface area contributed by atoms with Crippen LogP contribution < -0.4 is 5.32 Å². The van der Waals surface area contributed by atoms with Gasteiger partial charge in [0.2, 0.25) is 11.8 Å². The van der Waals surface area contributed by atoms with Crippen molar-refractivity contribution in [2.75, 3.05) is 16.8 Å². The van der Waals surface area contributed by atoms with E-state index >= 15 is 0 Å². The Labute approximate surface area is 296 Å². The average molecular weight is 701 g/mol. The Bertz CT molecular complexity index is 2290. The largest absolute Gasteiger partial charge is 0.325 e. The van der Waals surface area contributed by atoms with Crippen molar-refractivity contribution >= 4 is 73.5 Å². The molecular weight excluding hydrogens is 669 g/mol. The second-order valence-electron chi connectivity index (χ2n) is 11.9. The molecule has 49 heavy (non-hydrogen) atoms. The lowest BCUT2D eigenvalue weighted by Gasteiger charge is -2.14. The molecule has 11 heteroatoms. The second kappa shape index (κ2) is 14.0. The summed E-state index contributed by atoms with van der Waals surface area (Å²) in [7, 11) is 0. The number of aryl methyl sites for hydroxylation is 1. The van der Waals surface area contributed by atoms with Crippen LogP contribution in [-0.2, 0) is 24.2 Å². The molecule has 1 aliphatic rings. The zero-order valence-corrected chi connectivity index (χ0v) is 29.0. The summed E-state index contributed by atoms with van der Waals surface area (Å²) in [6, 6.07) is 34.1. The summed E-state index contributed by atoms with van der Waals surface area (Å²) in [5.41, 5.74) is 7.17. The van der Waals surface area contributed by atoms with Gasteiger partial charge in [-0.15, -0.1) is 21.5 Å². The number of para-hydroxylation sites is 1. The predicted molar refractivity (Wildman–Crippen MR) is 200 cm³/mol. The number of hydrogen-bond donors (Lipinski definition) is 1. The third-order valence-corrected chi connectivity index (χ3v) is 11.8. The highest BCUT2D eigenvalue weighted by molar-refractivity contribution is 8.01. The van der Waals surface area contributed by atoms with Crippen LogP contribution in [0.25, 0.3) is 32.5 Å². The Kier molecular flexibility index (Phi) is 9.03. The summed E-state index contributed by atoms with van der Waals surface area (Å²) in [6.45, 7) is 0.597. The quantitative estimate of drug-likeness (QED) is 0.143. The first-order chi connectivity index (χ1) is 24.1. The van der Waals surface area contributed by atoms with Crippen molar-refractivity contribution in [3.63, 3.8) is 0 Å². The van der Waals surface area contributed by atoms with E-state index in [1.807, 2.05) is 77.4 Å². The fourth-order valence-electron chi connectivity index (χ4n) is 6.44. The van der Waals surface area contributed by atoms with E-state index in [4.69, 9.17) is 4.98 Å². The number of aromatic nitrogens is 5. The van der Waals surface area contributed by atoms with Crippen molar-refractivity contribution in [2.24, 2.45) is 0 Å². The summed E-state index contributed by atoms with van der Waals surface area (Å²) in [6.07, 6.45) is 4.26. The minimum absolute atomic E-state index is 0.0875. The number of hydrogen-bond acceptors (Lipinski definition) is 8. The Morgan fingerprint density at radius 3 is 2.45 bits per heavy atom. The lowest BCUT2D eigenvalue weighted by Crippen LogP contribution is -2.18. The Morgan fingerprint density at radius 1 is 0.816 bits per heavy atom. The summed E-state index contributed by atoms with van der Waals surface area (Å²) in [5, 5.41) is 13.9. The molecule has 1 amide bonds. The van der Waals surface area contributed by atoms with Gasteiger partial charge in [-0.25, -0.2) is 4.98 Å². The maximum Gasteiger partial charge on any atom is 0.241 e. The van der Waals surface area contributed by atoms with Crippen molar-refractivity contribution in [1.29, 1.82) is 0 Å². The number of thiazole rings is 1. The summed E-state index contributed by atoms with van der Waals surface area (Å²) >= 11 is 4.37. The molecule has 0 saturated heterocycles. The number of nitrogens with zero attached hydrogens (tertiary/aromatic N) is 5. The van der Waals surface area contributed by atoms with E-state index in [0.717, 1.165) is 56.3 Å². The molecule has 1 aliphatic carbocycles. The van der Waals surface area contributed by atoms with Crippen LogP contribution in [0.1, 0.15) is 34.5 Å². The molecule has 0 saturated carbocycles. The standard InChI is InChI=1S/C38H32N6O2S3/c45-34(23-47-37-42-41-36(26-13-5-2-6-14-26)43(37)22-25-11-3-1-4-12-25)39-27-19-20-30-33(21-27)49-38(40-30)48-24-35(46)44-31-17-9-7-15-28(31)29-16-8-10-18-32(29)44/h1-7,9,11-15,17,19-21H,8,10,16,18,22-24H2,(H,39,45). The highest BCUT2D eigenvalue weighted by Gasteiger charge is 2.23. The van der Waals surface area contributed by atoms with Gasteiger partial charge in [0, 0.05) is 22.3 Å². The molecule has 1 N–H and O–H groups in total. The molecule has 0 unspecified atom stereocenters. The number of nitrogens with one attached hydrogen (secondary N) is 1. The van der Waals surface area contributed by atoms with Gasteiger partial charge in [0.25, 0.3) is 0 Å². The third-order valence-electron chi connectivity index (χ3n) is 8.66. The third kappa shape index (κ3) is 6.66. The molecule has 3 aromatic heterocycles. The first-order valence-electron chi connectivity index (χ1n) is 16.2. The van der Waals surface area contributed by atoms with Crippen LogP contribution in [0.2, 0.25) is 0 Å². The van der Waals surface area contributed by atoms with E-state index in [1.165, 1.54) is 57.9 Å². The lowest BCUT2D eigenvalue weighted by molar-refractivity contribution is -0.113. The van der Waals surface area contributed by atoms with Gasteiger partial charge in [0.1, 0.15) is 0 Å². The van der Waals surface area contributed by atoms with E-state index in [1.54, 1.807) is 0 Å². The molecule has 0 aliphatic heterocycles. The molecule has 8 nitrogen and oxygen atoms in total. The maximum atomic E-state index is 13.6. The number of amides is 1. The normalized spacial score (nSPS) is 12.7. The van der Waals surface area contributed by atoms with Gasteiger partial charge >= 0.3 is 0 Å². The minimum Gasteiger partial charge on any atom is -0.325 e. The van der Waals surface area contributed by atoms with Gasteiger partial charge in [0.15, 0.2) is 15.3 Å². The van der Waals surface area contributed by atoms with Crippen LogP contribution in [0.3, 0.4) is 0 Å². The molecule has 8 rings (SSSR count). The highest BCUT2D eigenvalue weighted by Crippen LogP contribution is 2.35. The van der Waals surface area contributed by atoms with Gasteiger partial charge in [0.05, 0.1) is 33.8 Å². The Balaban J connectivity index is 0.929. The molecule has 3 heterocycles. The Hall–Kier alpha value is -4.71. The van der Waals surface area contributed by atoms with Crippen LogP contribution in [0.4, 0.5) is 5.69 Å². The second-order valence-corrected chi connectivity index (χ2v) is 15.1. The molecule has 0 fully saturated rings. The van der Waals surface area contributed by atoms with Crippen LogP contribution in [0.15, 0.2) is 113 Å². The zero-order chi connectivity index (χ0) is 33.2.